The van der Waals surface area contributed by atoms with Crippen LogP contribution in [-0.2, 0) is 4.74 Å². The molecule has 0 aromatic heterocycles. The van der Waals surface area contributed by atoms with Crippen molar-refractivity contribution in [3.05, 3.63) is 28.3 Å². The molecule has 1 aliphatic heterocycles. The Morgan fingerprint density at radius 3 is 2.70 bits per heavy atom. The Labute approximate surface area is 118 Å². The molecule has 2 rings (SSSR count). The number of ether oxygens (including phenoxy) is 1. The zero-order valence-corrected chi connectivity index (χ0v) is 11.7. The number of nitro benzene ring substituents is 1. The maximum atomic E-state index is 10.9. The number of benzene rings is 1. The minimum atomic E-state index is -0.364. The van der Waals surface area contributed by atoms with Gasteiger partial charge < -0.3 is 15.4 Å². The average molecular weight is 279 g/mol. The third kappa shape index (κ3) is 4.09. The molecule has 0 saturated carbocycles. The Morgan fingerprint density at radius 2 is 2.10 bits per heavy atom. The molecule has 6 nitrogen and oxygen atoms in total. The Balaban J connectivity index is 1.96. The van der Waals surface area contributed by atoms with Crippen LogP contribution in [-0.4, -0.2) is 31.2 Å². The van der Waals surface area contributed by atoms with Crippen LogP contribution in [0.5, 0.6) is 0 Å². The summed E-state index contributed by atoms with van der Waals surface area (Å²) in [5.41, 5.74) is 1.66. The van der Waals surface area contributed by atoms with E-state index in [4.69, 9.17) is 4.74 Å². The van der Waals surface area contributed by atoms with Crippen molar-refractivity contribution < 1.29 is 9.66 Å². The first kappa shape index (κ1) is 14.6. The van der Waals surface area contributed by atoms with Crippen LogP contribution in [0.2, 0.25) is 0 Å². The second-order valence-corrected chi connectivity index (χ2v) is 5.00. The molecule has 1 aliphatic rings. The minimum Gasteiger partial charge on any atom is -0.385 e. The number of non-ortho nitro benzene ring substituents is 1. The molecule has 1 fully saturated rings. The highest BCUT2D eigenvalue weighted by Crippen LogP contribution is 2.25. The summed E-state index contributed by atoms with van der Waals surface area (Å²) in [5.74, 6) is 0.606. The second kappa shape index (κ2) is 7.09. The Hall–Kier alpha value is -1.82. The fraction of sp³-hybridized carbons (Fsp3) is 0.571. The molecule has 1 heterocycles. The molecule has 6 heteroatoms. The van der Waals surface area contributed by atoms with E-state index in [9.17, 15) is 10.1 Å². The van der Waals surface area contributed by atoms with Gasteiger partial charge in [-0.1, -0.05) is 0 Å². The van der Waals surface area contributed by atoms with Gasteiger partial charge in [0.25, 0.3) is 5.69 Å². The molecule has 1 unspecified atom stereocenters. The van der Waals surface area contributed by atoms with Crippen LogP contribution in [0.15, 0.2) is 18.2 Å². The standard InChI is InChI=1S/C14H21N3O3/c1-2-15-12-7-13(9-14(8-12)17(18)19)16-5-3-11-4-6-20-10-11/h7-9,11,15-16H,2-6,10H2,1H3. The SMILES string of the molecule is CCNc1cc(NCCC2CCOC2)cc([N+](=O)[O-])c1. The molecular weight excluding hydrogens is 258 g/mol. The van der Waals surface area contributed by atoms with Crippen molar-refractivity contribution >= 4 is 17.1 Å². The number of hydrogen-bond acceptors (Lipinski definition) is 5. The molecule has 1 aromatic rings. The summed E-state index contributed by atoms with van der Waals surface area (Å²) in [7, 11) is 0. The Bertz CT molecular complexity index is 459. The first-order valence-electron chi connectivity index (χ1n) is 7.04. The number of nitro groups is 1. The van der Waals surface area contributed by atoms with E-state index < -0.39 is 0 Å². The quantitative estimate of drug-likeness (QED) is 0.593. The normalized spacial score (nSPS) is 17.9. The summed E-state index contributed by atoms with van der Waals surface area (Å²) in [6.45, 7) is 5.19. The molecule has 1 aromatic carbocycles. The lowest BCUT2D eigenvalue weighted by atomic mass is 10.1. The van der Waals surface area contributed by atoms with Gasteiger partial charge in [0, 0.05) is 49.8 Å². The summed E-state index contributed by atoms with van der Waals surface area (Å²) in [4.78, 5) is 10.6. The Kier molecular flexibility index (Phi) is 5.17. The van der Waals surface area contributed by atoms with Crippen molar-refractivity contribution in [1.29, 1.82) is 0 Å². The van der Waals surface area contributed by atoms with E-state index in [-0.39, 0.29) is 10.6 Å². The van der Waals surface area contributed by atoms with Gasteiger partial charge >= 0.3 is 0 Å². The van der Waals surface area contributed by atoms with E-state index >= 15 is 0 Å². The van der Waals surface area contributed by atoms with Crippen molar-refractivity contribution in [1.82, 2.24) is 0 Å². The molecular formula is C14H21N3O3. The summed E-state index contributed by atoms with van der Waals surface area (Å²) >= 11 is 0. The van der Waals surface area contributed by atoms with Crippen LogP contribution < -0.4 is 10.6 Å². The number of nitrogens with zero attached hydrogens (tertiary/aromatic N) is 1. The van der Waals surface area contributed by atoms with Gasteiger partial charge in [0.2, 0.25) is 0 Å². The number of nitrogens with one attached hydrogen (secondary N) is 2. The van der Waals surface area contributed by atoms with Crippen LogP contribution >= 0.6 is 0 Å². The zero-order chi connectivity index (χ0) is 14.4. The predicted molar refractivity (Wildman–Crippen MR) is 79.3 cm³/mol. The summed E-state index contributed by atoms with van der Waals surface area (Å²) in [6, 6.07) is 5.03. The molecule has 0 bridgehead atoms. The molecule has 1 saturated heterocycles. The Morgan fingerprint density at radius 1 is 1.35 bits per heavy atom. The molecule has 1 atom stereocenters. The van der Waals surface area contributed by atoms with Crippen molar-refractivity contribution in [3.63, 3.8) is 0 Å². The van der Waals surface area contributed by atoms with E-state index in [0.29, 0.717) is 5.92 Å². The van der Waals surface area contributed by atoms with E-state index in [2.05, 4.69) is 10.6 Å². The zero-order valence-electron chi connectivity index (χ0n) is 11.7. The van der Waals surface area contributed by atoms with Crippen LogP contribution in [0.3, 0.4) is 0 Å². The molecule has 110 valence electrons. The van der Waals surface area contributed by atoms with Crippen LogP contribution in [0.1, 0.15) is 19.8 Å². The lowest BCUT2D eigenvalue weighted by molar-refractivity contribution is -0.384. The third-order valence-corrected chi connectivity index (χ3v) is 3.42. The van der Waals surface area contributed by atoms with Gasteiger partial charge in [-0.05, 0) is 31.7 Å². The minimum absolute atomic E-state index is 0.107. The molecule has 0 spiro atoms. The lowest BCUT2D eigenvalue weighted by Crippen LogP contribution is -2.09. The monoisotopic (exact) mass is 279 g/mol. The maximum absolute atomic E-state index is 10.9. The number of hydrogen-bond donors (Lipinski definition) is 2. The van der Waals surface area contributed by atoms with Crippen LogP contribution in [0, 0.1) is 16.0 Å². The van der Waals surface area contributed by atoms with E-state index in [1.807, 2.05) is 13.0 Å². The fourth-order valence-electron chi connectivity index (χ4n) is 2.36. The van der Waals surface area contributed by atoms with Crippen molar-refractivity contribution in [2.45, 2.75) is 19.8 Å². The molecule has 2 N–H and O–H groups in total. The topological polar surface area (TPSA) is 76.4 Å². The lowest BCUT2D eigenvalue weighted by Gasteiger charge is -2.11. The largest absolute Gasteiger partial charge is 0.385 e. The van der Waals surface area contributed by atoms with Crippen molar-refractivity contribution in [2.75, 3.05) is 36.9 Å². The summed E-state index contributed by atoms with van der Waals surface area (Å²) in [6.07, 6.45) is 2.14. The molecule has 0 radical (unpaired) electrons. The summed E-state index contributed by atoms with van der Waals surface area (Å²) < 4.78 is 5.33. The van der Waals surface area contributed by atoms with Crippen molar-refractivity contribution in [2.24, 2.45) is 5.92 Å². The van der Waals surface area contributed by atoms with Gasteiger partial charge in [-0.2, -0.15) is 0 Å². The number of anilines is 2. The van der Waals surface area contributed by atoms with Gasteiger partial charge in [0.05, 0.1) is 4.92 Å². The predicted octanol–water partition coefficient (Wildman–Crippen LogP) is 2.87. The maximum Gasteiger partial charge on any atom is 0.273 e. The first-order chi connectivity index (χ1) is 9.69. The van der Waals surface area contributed by atoms with Crippen LogP contribution in [0.4, 0.5) is 17.1 Å². The van der Waals surface area contributed by atoms with Gasteiger partial charge in [0.1, 0.15) is 0 Å². The van der Waals surface area contributed by atoms with E-state index in [1.165, 1.54) is 0 Å². The molecule has 0 aliphatic carbocycles. The van der Waals surface area contributed by atoms with Gasteiger partial charge in [0.15, 0.2) is 0 Å². The first-order valence-corrected chi connectivity index (χ1v) is 7.04. The van der Waals surface area contributed by atoms with Gasteiger partial charge in [-0.25, -0.2) is 0 Å². The van der Waals surface area contributed by atoms with E-state index in [0.717, 1.165) is 50.5 Å². The highest BCUT2D eigenvalue weighted by atomic mass is 16.6. The van der Waals surface area contributed by atoms with Gasteiger partial charge in [-0.15, -0.1) is 0 Å². The second-order valence-electron chi connectivity index (χ2n) is 5.00. The smallest absolute Gasteiger partial charge is 0.273 e. The summed E-state index contributed by atoms with van der Waals surface area (Å²) in [5, 5.41) is 17.3. The highest BCUT2D eigenvalue weighted by molar-refractivity contribution is 5.63. The van der Waals surface area contributed by atoms with Crippen molar-refractivity contribution in [3.8, 4) is 0 Å². The molecule has 0 amide bonds. The third-order valence-electron chi connectivity index (χ3n) is 3.42. The fourth-order valence-corrected chi connectivity index (χ4v) is 2.36. The highest BCUT2D eigenvalue weighted by Gasteiger charge is 2.15. The average Bonchev–Trinajstić information content (AvgIpc) is 2.92. The van der Waals surface area contributed by atoms with Crippen LogP contribution in [0.25, 0.3) is 0 Å². The van der Waals surface area contributed by atoms with E-state index in [1.54, 1.807) is 12.1 Å². The number of rotatable bonds is 7. The van der Waals surface area contributed by atoms with Gasteiger partial charge in [-0.3, -0.25) is 10.1 Å². The molecule has 20 heavy (non-hydrogen) atoms.